The lowest BCUT2D eigenvalue weighted by Crippen LogP contribution is -2.24. The summed E-state index contributed by atoms with van der Waals surface area (Å²) in [6.07, 6.45) is 0. The largest absolute Gasteiger partial charge is 0.242 e. The molecule has 0 saturated heterocycles. The number of hydrogen-bond acceptors (Lipinski definition) is 4. The molecule has 3 aromatic rings. The Morgan fingerprint density at radius 3 is 2.48 bits per heavy atom. The summed E-state index contributed by atoms with van der Waals surface area (Å²) in [7, 11) is -3.63. The third-order valence-electron chi connectivity index (χ3n) is 3.77. The molecule has 0 unspecified atom stereocenters. The van der Waals surface area contributed by atoms with Crippen molar-refractivity contribution in [2.24, 2.45) is 0 Å². The zero-order chi connectivity index (χ0) is 18.0. The maximum absolute atomic E-state index is 12.7. The van der Waals surface area contributed by atoms with Crippen molar-refractivity contribution in [2.45, 2.75) is 25.3 Å². The maximum atomic E-state index is 12.7. The van der Waals surface area contributed by atoms with Gasteiger partial charge in [0.25, 0.3) is 0 Å². The van der Waals surface area contributed by atoms with Crippen LogP contribution in [0.15, 0.2) is 52.7 Å². The zero-order valence-electron chi connectivity index (χ0n) is 13.8. The monoisotopic (exact) mass is 392 g/mol. The first-order valence-corrected chi connectivity index (χ1v) is 10.4. The number of rotatable bonds is 5. The summed E-state index contributed by atoms with van der Waals surface area (Å²) in [5.74, 6) is 0. The minimum atomic E-state index is -3.63. The van der Waals surface area contributed by atoms with Crippen LogP contribution in [0.3, 0.4) is 0 Å². The molecule has 0 amide bonds. The Balaban J connectivity index is 1.87. The van der Waals surface area contributed by atoms with E-state index in [4.69, 9.17) is 11.6 Å². The van der Waals surface area contributed by atoms with Crippen LogP contribution < -0.4 is 4.72 Å². The number of aromatic nitrogens is 1. The van der Waals surface area contributed by atoms with Crippen LogP contribution in [-0.4, -0.2) is 13.4 Å². The topological polar surface area (TPSA) is 59.1 Å². The molecule has 0 atom stereocenters. The Morgan fingerprint density at radius 1 is 1.12 bits per heavy atom. The van der Waals surface area contributed by atoms with Gasteiger partial charge in [-0.2, -0.15) is 0 Å². The van der Waals surface area contributed by atoms with Crippen molar-refractivity contribution in [2.75, 3.05) is 0 Å². The van der Waals surface area contributed by atoms with Gasteiger partial charge in [-0.3, -0.25) is 0 Å². The lowest BCUT2D eigenvalue weighted by molar-refractivity contribution is 0.580. The molecule has 0 aliphatic heterocycles. The molecule has 1 aromatic heterocycles. The van der Waals surface area contributed by atoms with Crippen molar-refractivity contribution >= 4 is 33.0 Å². The Hall–Kier alpha value is -1.73. The van der Waals surface area contributed by atoms with Gasteiger partial charge in [-0.05, 0) is 43.2 Å². The van der Waals surface area contributed by atoms with Crippen LogP contribution in [0, 0.1) is 13.8 Å². The highest BCUT2D eigenvalue weighted by Gasteiger charge is 2.18. The SMILES string of the molecule is Cc1nc(-c2ccc(C)c(S(=O)(=O)NCc3ccc(Cl)cc3)c2)cs1. The molecule has 4 nitrogen and oxygen atoms in total. The number of nitrogens with zero attached hydrogens (tertiary/aromatic N) is 1. The van der Waals surface area contributed by atoms with E-state index in [1.54, 1.807) is 43.3 Å². The van der Waals surface area contributed by atoms with E-state index in [2.05, 4.69) is 9.71 Å². The minimum absolute atomic E-state index is 0.207. The van der Waals surface area contributed by atoms with E-state index in [1.807, 2.05) is 18.4 Å². The third kappa shape index (κ3) is 4.27. The molecule has 0 spiro atoms. The summed E-state index contributed by atoms with van der Waals surface area (Å²) >= 11 is 7.39. The van der Waals surface area contributed by atoms with Crippen LogP contribution in [0.1, 0.15) is 16.1 Å². The molecule has 1 heterocycles. The van der Waals surface area contributed by atoms with Crippen LogP contribution in [0.25, 0.3) is 11.3 Å². The van der Waals surface area contributed by atoms with Gasteiger partial charge in [-0.1, -0.05) is 35.9 Å². The Kier molecular flexibility index (Phi) is 5.24. The highest BCUT2D eigenvalue weighted by molar-refractivity contribution is 7.89. The molecule has 2 aromatic carbocycles. The lowest BCUT2D eigenvalue weighted by atomic mass is 10.1. The number of sulfonamides is 1. The molecule has 0 aliphatic carbocycles. The molecule has 0 saturated carbocycles. The first-order valence-electron chi connectivity index (χ1n) is 7.62. The molecule has 0 bridgehead atoms. The van der Waals surface area contributed by atoms with Crippen LogP contribution in [-0.2, 0) is 16.6 Å². The third-order valence-corrected chi connectivity index (χ3v) is 6.34. The van der Waals surface area contributed by atoms with E-state index >= 15 is 0 Å². The van der Waals surface area contributed by atoms with Crippen LogP contribution in [0.2, 0.25) is 5.02 Å². The molecule has 0 radical (unpaired) electrons. The first kappa shape index (κ1) is 18.1. The fourth-order valence-corrected chi connectivity index (χ4v) is 4.44. The molecule has 25 heavy (non-hydrogen) atoms. The molecule has 7 heteroatoms. The summed E-state index contributed by atoms with van der Waals surface area (Å²) < 4.78 is 28.1. The van der Waals surface area contributed by atoms with Gasteiger partial charge in [-0.25, -0.2) is 18.1 Å². The van der Waals surface area contributed by atoms with Crippen molar-refractivity contribution in [1.29, 1.82) is 0 Å². The Labute approximate surface area is 156 Å². The van der Waals surface area contributed by atoms with Gasteiger partial charge in [0.2, 0.25) is 10.0 Å². The highest BCUT2D eigenvalue weighted by Crippen LogP contribution is 2.26. The molecular formula is C18H17ClN2O2S2. The van der Waals surface area contributed by atoms with Gasteiger partial charge in [0.05, 0.1) is 15.6 Å². The second-order valence-electron chi connectivity index (χ2n) is 5.68. The summed E-state index contributed by atoms with van der Waals surface area (Å²) in [6.45, 7) is 3.92. The van der Waals surface area contributed by atoms with Crippen molar-refractivity contribution in [3.63, 3.8) is 0 Å². The molecule has 0 aliphatic rings. The smallest absolute Gasteiger partial charge is 0.241 e. The predicted molar refractivity (Wildman–Crippen MR) is 103 cm³/mol. The number of benzene rings is 2. The van der Waals surface area contributed by atoms with Crippen molar-refractivity contribution in [3.05, 3.63) is 69.0 Å². The van der Waals surface area contributed by atoms with E-state index < -0.39 is 10.0 Å². The molecule has 1 N–H and O–H groups in total. The van der Waals surface area contributed by atoms with Crippen molar-refractivity contribution in [1.82, 2.24) is 9.71 Å². The summed E-state index contributed by atoms with van der Waals surface area (Å²) in [5.41, 5.74) is 3.12. The van der Waals surface area contributed by atoms with Gasteiger partial charge in [0.15, 0.2) is 0 Å². The average Bonchev–Trinajstić information content (AvgIpc) is 3.01. The van der Waals surface area contributed by atoms with Crippen LogP contribution in [0.4, 0.5) is 0 Å². The quantitative estimate of drug-likeness (QED) is 0.692. The summed E-state index contributed by atoms with van der Waals surface area (Å²) in [6, 6.07) is 12.4. The number of aryl methyl sites for hydroxylation is 2. The minimum Gasteiger partial charge on any atom is -0.242 e. The Morgan fingerprint density at radius 2 is 1.84 bits per heavy atom. The lowest BCUT2D eigenvalue weighted by Gasteiger charge is -2.11. The highest BCUT2D eigenvalue weighted by atomic mass is 35.5. The number of thiazole rings is 1. The number of hydrogen-bond donors (Lipinski definition) is 1. The average molecular weight is 393 g/mol. The van der Waals surface area contributed by atoms with Gasteiger partial charge in [0.1, 0.15) is 0 Å². The van der Waals surface area contributed by atoms with Gasteiger partial charge >= 0.3 is 0 Å². The van der Waals surface area contributed by atoms with Crippen LogP contribution >= 0.6 is 22.9 Å². The molecule has 3 rings (SSSR count). The summed E-state index contributed by atoms with van der Waals surface area (Å²) in [5, 5.41) is 3.49. The van der Waals surface area contributed by atoms with Gasteiger partial charge < -0.3 is 0 Å². The van der Waals surface area contributed by atoms with Crippen LogP contribution in [0.5, 0.6) is 0 Å². The number of nitrogens with one attached hydrogen (secondary N) is 1. The number of halogens is 1. The fraction of sp³-hybridized carbons (Fsp3) is 0.167. The molecular weight excluding hydrogens is 376 g/mol. The van der Waals surface area contributed by atoms with Gasteiger partial charge in [-0.15, -0.1) is 11.3 Å². The summed E-state index contributed by atoms with van der Waals surface area (Å²) in [4.78, 5) is 4.69. The van der Waals surface area contributed by atoms with E-state index in [9.17, 15) is 8.42 Å². The van der Waals surface area contributed by atoms with Crippen molar-refractivity contribution < 1.29 is 8.42 Å². The van der Waals surface area contributed by atoms with Gasteiger partial charge in [0, 0.05) is 22.5 Å². The normalized spacial score (nSPS) is 11.6. The molecule has 130 valence electrons. The van der Waals surface area contributed by atoms with E-state index in [0.717, 1.165) is 21.8 Å². The molecule has 0 fully saturated rings. The van der Waals surface area contributed by atoms with E-state index in [0.29, 0.717) is 10.6 Å². The van der Waals surface area contributed by atoms with E-state index in [-0.39, 0.29) is 11.4 Å². The standard InChI is InChI=1S/C18H17ClN2O2S2/c1-12-3-6-15(17-11-24-13(2)21-17)9-18(12)25(22,23)20-10-14-4-7-16(19)8-5-14/h3-9,11,20H,10H2,1-2H3. The first-order chi connectivity index (χ1) is 11.8. The fourth-order valence-electron chi connectivity index (χ4n) is 2.40. The zero-order valence-corrected chi connectivity index (χ0v) is 16.2. The predicted octanol–water partition coefficient (Wildman–Crippen LogP) is 4.56. The van der Waals surface area contributed by atoms with Crippen molar-refractivity contribution in [3.8, 4) is 11.3 Å². The second-order valence-corrected chi connectivity index (χ2v) is 8.92. The maximum Gasteiger partial charge on any atom is 0.241 e. The second kappa shape index (κ2) is 7.25. The Bertz CT molecular complexity index is 996. The van der Waals surface area contributed by atoms with E-state index in [1.165, 1.54) is 11.3 Å².